The highest BCUT2D eigenvalue weighted by Crippen LogP contribution is 2.16. The molecular formula is C18H16N2O3S. The topological polar surface area (TPSA) is 61.3 Å². The van der Waals surface area contributed by atoms with Gasteiger partial charge in [0.2, 0.25) is 0 Å². The third-order valence-corrected chi connectivity index (χ3v) is 4.04. The van der Waals surface area contributed by atoms with Crippen LogP contribution >= 0.6 is 11.3 Å². The predicted molar refractivity (Wildman–Crippen MR) is 91.0 cm³/mol. The lowest BCUT2D eigenvalue weighted by Crippen LogP contribution is -2.06. The van der Waals surface area contributed by atoms with Gasteiger partial charge < -0.3 is 9.47 Å². The number of hydrogen-bond acceptors (Lipinski definition) is 6. The van der Waals surface area contributed by atoms with Crippen molar-refractivity contribution in [1.82, 2.24) is 9.97 Å². The van der Waals surface area contributed by atoms with Gasteiger partial charge in [0.05, 0.1) is 22.0 Å². The number of aromatic nitrogens is 2. The van der Waals surface area contributed by atoms with E-state index >= 15 is 0 Å². The summed E-state index contributed by atoms with van der Waals surface area (Å²) in [5.41, 5.74) is 2.09. The number of carbonyl (C=O) groups is 1. The number of nitrogens with zero attached hydrogens (tertiary/aromatic N) is 2. The molecular weight excluding hydrogens is 324 g/mol. The minimum atomic E-state index is -0.387. The second-order valence-electron chi connectivity index (χ2n) is 5.07. The molecule has 0 unspecified atom stereocenters. The Morgan fingerprint density at radius 2 is 1.92 bits per heavy atom. The fraction of sp³-hybridized carbons (Fsp3) is 0.167. The largest absolute Gasteiger partial charge is 0.487 e. The van der Waals surface area contributed by atoms with Crippen LogP contribution in [0.15, 0.2) is 54.0 Å². The van der Waals surface area contributed by atoms with Crippen LogP contribution in [0.4, 0.5) is 0 Å². The molecule has 6 heteroatoms. The van der Waals surface area contributed by atoms with Crippen molar-refractivity contribution in [3.8, 4) is 5.75 Å². The lowest BCUT2D eigenvalue weighted by Gasteiger charge is -2.06. The van der Waals surface area contributed by atoms with Gasteiger partial charge in [-0.3, -0.25) is 4.98 Å². The second-order valence-corrected chi connectivity index (χ2v) is 6.13. The monoisotopic (exact) mass is 340 g/mol. The van der Waals surface area contributed by atoms with E-state index in [9.17, 15) is 4.79 Å². The molecule has 3 rings (SSSR count). The third-order valence-electron chi connectivity index (χ3n) is 3.22. The van der Waals surface area contributed by atoms with E-state index in [0.29, 0.717) is 23.6 Å². The van der Waals surface area contributed by atoms with Crippen molar-refractivity contribution in [2.75, 3.05) is 0 Å². The van der Waals surface area contributed by atoms with Gasteiger partial charge in [0.25, 0.3) is 0 Å². The Bertz CT molecular complexity index is 801. The van der Waals surface area contributed by atoms with Crippen molar-refractivity contribution in [1.29, 1.82) is 0 Å². The molecule has 1 aromatic carbocycles. The molecule has 2 heterocycles. The Balaban J connectivity index is 1.52. The summed E-state index contributed by atoms with van der Waals surface area (Å²) in [4.78, 5) is 20.5. The maximum absolute atomic E-state index is 12.0. The molecule has 5 nitrogen and oxygen atoms in total. The molecule has 2 aromatic heterocycles. The van der Waals surface area contributed by atoms with Gasteiger partial charge in [-0.2, -0.15) is 0 Å². The van der Waals surface area contributed by atoms with Crippen molar-refractivity contribution in [2.45, 2.75) is 20.1 Å². The van der Waals surface area contributed by atoms with Gasteiger partial charge >= 0.3 is 5.97 Å². The fourth-order valence-corrected chi connectivity index (χ4v) is 2.62. The standard InChI is InChI=1S/C18H16N2O3S/c1-13-20-16(12-24-13)11-22-17-7-5-14(6-8-17)18(21)23-10-15-4-2-3-9-19-15/h2-9,12H,10-11H2,1H3. The van der Waals surface area contributed by atoms with E-state index in [1.807, 2.05) is 30.5 Å². The molecule has 0 bridgehead atoms. The fourth-order valence-electron chi connectivity index (χ4n) is 2.03. The van der Waals surface area contributed by atoms with E-state index in [1.54, 1.807) is 41.8 Å². The molecule has 0 radical (unpaired) electrons. The quantitative estimate of drug-likeness (QED) is 0.639. The van der Waals surface area contributed by atoms with Crippen molar-refractivity contribution in [2.24, 2.45) is 0 Å². The molecule has 0 atom stereocenters. The molecule has 24 heavy (non-hydrogen) atoms. The first-order chi connectivity index (χ1) is 11.7. The van der Waals surface area contributed by atoms with E-state index in [0.717, 1.165) is 10.7 Å². The Morgan fingerprint density at radius 1 is 1.08 bits per heavy atom. The maximum Gasteiger partial charge on any atom is 0.338 e. The Labute approximate surface area is 143 Å². The van der Waals surface area contributed by atoms with E-state index in [4.69, 9.17) is 9.47 Å². The molecule has 0 spiro atoms. The number of ether oxygens (including phenoxy) is 2. The minimum Gasteiger partial charge on any atom is -0.487 e. The predicted octanol–water partition coefficient (Wildman–Crippen LogP) is 3.78. The maximum atomic E-state index is 12.0. The van der Waals surface area contributed by atoms with Crippen LogP contribution in [0, 0.1) is 6.92 Å². The minimum absolute atomic E-state index is 0.154. The molecule has 0 saturated carbocycles. The van der Waals surface area contributed by atoms with E-state index in [2.05, 4.69) is 9.97 Å². The van der Waals surface area contributed by atoms with Crippen molar-refractivity contribution in [3.63, 3.8) is 0 Å². The molecule has 0 aliphatic carbocycles. The van der Waals surface area contributed by atoms with Gasteiger partial charge in [0, 0.05) is 11.6 Å². The summed E-state index contributed by atoms with van der Waals surface area (Å²) in [7, 11) is 0. The van der Waals surface area contributed by atoms with Crippen molar-refractivity contribution < 1.29 is 14.3 Å². The Hall–Kier alpha value is -2.73. The summed E-state index contributed by atoms with van der Waals surface area (Å²) in [6.07, 6.45) is 1.67. The first-order valence-electron chi connectivity index (χ1n) is 7.41. The average molecular weight is 340 g/mol. The second kappa shape index (κ2) is 7.70. The van der Waals surface area contributed by atoms with Gasteiger partial charge in [-0.05, 0) is 43.3 Å². The highest BCUT2D eigenvalue weighted by molar-refractivity contribution is 7.09. The number of carbonyl (C=O) groups excluding carboxylic acids is 1. The van der Waals surface area contributed by atoms with Crippen LogP contribution in [-0.2, 0) is 18.0 Å². The molecule has 122 valence electrons. The smallest absolute Gasteiger partial charge is 0.338 e. The number of esters is 1. The Kier molecular flexibility index (Phi) is 5.18. The molecule has 3 aromatic rings. The zero-order valence-corrected chi connectivity index (χ0v) is 14.0. The number of thiazole rings is 1. The van der Waals surface area contributed by atoms with Crippen molar-refractivity contribution >= 4 is 17.3 Å². The van der Waals surface area contributed by atoms with E-state index in [1.165, 1.54) is 0 Å². The zero-order valence-electron chi connectivity index (χ0n) is 13.1. The SMILES string of the molecule is Cc1nc(COc2ccc(C(=O)OCc3ccccn3)cc2)cs1. The van der Waals surface area contributed by atoms with E-state index < -0.39 is 0 Å². The van der Waals surface area contributed by atoms with E-state index in [-0.39, 0.29) is 12.6 Å². The lowest BCUT2D eigenvalue weighted by atomic mass is 10.2. The number of rotatable bonds is 6. The van der Waals surface area contributed by atoms with Gasteiger partial charge in [0.15, 0.2) is 0 Å². The zero-order chi connectivity index (χ0) is 16.8. The number of benzene rings is 1. The third kappa shape index (κ3) is 4.39. The molecule has 0 aliphatic rings. The summed E-state index contributed by atoms with van der Waals surface area (Å²) >= 11 is 1.59. The summed E-state index contributed by atoms with van der Waals surface area (Å²) in [5, 5.41) is 2.98. The summed E-state index contributed by atoms with van der Waals surface area (Å²) < 4.78 is 10.9. The summed E-state index contributed by atoms with van der Waals surface area (Å²) in [6.45, 7) is 2.52. The van der Waals surface area contributed by atoms with Crippen molar-refractivity contribution in [3.05, 3.63) is 76.0 Å². The number of aryl methyl sites for hydroxylation is 1. The van der Waals surface area contributed by atoms with Gasteiger partial charge in [-0.15, -0.1) is 11.3 Å². The molecule has 0 N–H and O–H groups in total. The Morgan fingerprint density at radius 3 is 2.58 bits per heavy atom. The molecule has 0 amide bonds. The van der Waals surface area contributed by atoms with Gasteiger partial charge in [-0.25, -0.2) is 9.78 Å². The van der Waals surface area contributed by atoms with Crippen LogP contribution in [0.1, 0.15) is 26.8 Å². The van der Waals surface area contributed by atoms with Crippen LogP contribution in [-0.4, -0.2) is 15.9 Å². The normalized spacial score (nSPS) is 10.4. The van der Waals surface area contributed by atoms with Gasteiger partial charge in [-0.1, -0.05) is 6.07 Å². The molecule has 0 fully saturated rings. The van der Waals surface area contributed by atoms with Crippen LogP contribution < -0.4 is 4.74 Å². The molecule has 0 aliphatic heterocycles. The average Bonchev–Trinajstić information content (AvgIpc) is 3.04. The molecule has 0 saturated heterocycles. The van der Waals surface area contributed by atoms with Crippen LogP contribution in [0.5, 0.6) is 5.75 Å². The first kappa shape index (κ1) is 16.1. The van der Waals surface area contributed by atoms with Gasteiger partial charge in [0.1, 0.15) is 19.0 Å². The highest BCUT2D eigenvalue weighted by atomic mass is 32.1. The number of hydrogen-bond donors (Lipinski definition) is 0. The van der Waals surface area contributed by atoms with Crippen LogP contribution in [0.25, 0.3) is 0 Å². The summed E-state index contributed by atoms with van der Waals surface area (Å²) in [6, 6.07) is 12.3. The lowest BCUT2D eigenvalue weighted by molar-refractivity contribution is 0.0467. The summed E-state index contributed by atoms with van der Waals surface area (Å²) in [5.74, 6) is 0.296. The van der Waals surface area contributed by atoms with Crippen LogP contribution in [0.3, 0.4) is 0 Å². The first-order valence-corrected chi connectivity index (χ1v) is 8.29. The highest BCUT2D eigenvalue weighted by Gasteiger charge is 2.08. The number of pyridine rings is 1. The van der Waals surface area contributed by atoms with Crippen LogP contribution in [0.2, 0.25) is 0 Å².